The molecule has 0 radical (unpaired) electrons. The monoisotopic (exact) mass is 404 g/mol. The molecule has 2 heterocycles. The molecule has 154 valence electrons. The smallest absolute Gasteiger partial charge is 0.335 e. The maximum Gasteiger partial charge on any atom is 0.335 e. The van der Waals surface area contributed by atoms with Gasteiger partial charge in [0.1, 0.15) is 11.4 Å². The van der Waals surface area contributed by atoms with E-state index in [4.69, 9.17) is 5.11 Å². The third kappa shape index (κ3) is 3.78. The Balaban J connectivity index is 1.54. The van der Waals surface area contributed by atoms with E-state index in [-0.39, 0.29) is 17.5 Å². The van der Waals surface area contributed by atoms with Crippen LogP contribution in [-0.4, -0.2) is 33.3 Å². The van der Waals surface area contributed by atoms with Crippen molar-refractivity contribution in [2.24, 2.45) is 0 Å². The van der Waals surface area contributed by atoms with Crippen molar-refractivity contribution < 1.29 is 14.7 Å². The number of nitrogens with one attached hydrogen (secondary N) is 1. The number of anilines is 1. The molecule has 0 saturated heterocycles. The molecule has 0 bridgehead atoms. The lowest BCUT2D eigenvalue weighted by Crippen LogP contribution is -2.29. The molecule has 0 spiro atoms. The van der Waals surface area contributed by atoms with Crippen molar-refractivity contribution in [1.29, 1.82) is 0 Å². The van der Waals surface area contributed by atoms with Gasteiger partial charge in [-0.2, -0.15) is 5.10 Å². The minimum atomic E-state index is -0.970. The van der Waals surface area contributed by atoms with Gasteiger partial charge in [0.05, 0.1) is 23.8 Å². The number of nitrogens with zero attached hydrogens (tertiary/aromatic N) is 3. The second-order valence-corrected chi connectivity index (χ2v) is 7.54. The fourth-order valence-electron chi connectivity index (χ4n) is 3.86. The van der Waals surface area contributed by atoms with Gasteiger partial charge in [-0.1, -0.05) is 42.5 Å². The number of aromatic carboxylic acids is 1. The SMILES string of the molecule is Cc1nn2c(c1C(=O)N[C@@H](C)c1ccc(C(=O)O)cc1)N(Cc1ccccc1)CC2. The molecular formula is C23H24N4O3. The van der Waals surface area contributed by atoms with E-state index < -0.39 is 5.97 Å². The van der Waals surface area contributed by atoms with Crippen LogP contribution in [0.1, 0.15) is 50.5 Å². The van der Waals surface area contributed by atoms with Crippen LogP contribution in [-0.2, 0) is 13.1 Å². The average Bonchev–Trinajstić information content (AvgIpc) is 3.27. The number of aryl methyl sites for hydroxylation is 1. The Morgan fingerprint density at radius 3 is 2.47 bits per heavy atom. The molecule has 1 aliphatic rings. The lowest BCUT2D eigenvalue weighted by Gasteiger charge is -2.20. The zero-order chi connectivity index (χ0) is 21.3. The van der Waals surface area contributed by atoms with Crippen LogP contribution in [0.15, 0.2) is 54.6 Å². The van der Waals surface area contributed by atoms with Gasteiger partial charge in [-0.15, -0.1) is 0 Å². The minimum Gasteiger partial charge on any atom is -0.478 e. The molecule has 4 rings (SSSR count). The Morgan fingerprint density at radius 2 is 1.80 bits per heavy atom. The Kier molecular flexibility index (Phi) is 5.27. The number of hydrogen-bond acceptors (Lipinski definition) is 4. The van der Waals surface area contributed by atoms with Gasteiger partial charge in [-0.05, 0) is 37.1 Å². The van der Waals surface area contributed by atoms with Crippen molar-refractivity contribution in [2.75, 3.05) is 11.4 Å². The molecule has 2 aromatic carbocycles. The largest absolute Gasteiger partial charge is 0.478 e. The van der Waals surface area contributed by atoms with E-state index in [9.17, 15) is 9.59 Å². The molecule has 0 unspecified atom stereocenters. The first-order valence-electron chi connectivity index (χ1n) is 9.94. The molecule has 0 fully saturated rings. The van der Waals surface area contributed by atoms with Crippen LogP contribution < -0.4 is 10.2 Å². The van der Waals surface area contributed by atoms with Crippen molar-refractivity contribution in [2.45, 2.75) is 33.0 Å². The van der Waals surface area contributed by atoms with Crippen molar-refractivity contribution >= 4 is 17.7 Å². The van der Waals surface area contributed by atoms with Gasteiger partial charge in [-0.25, -0.2) is 9.48 Å². The lowest BCUT2D eigenvalue weighted by atomic mass is 10.1. The first-order valence-corrected chi connectivity index (χ1v) is 9.94. The molecule has 0 saturated carbocycles. The number of amides is 1. The Labute approximate surface area is 174 Å². The van der Waals surface area contributed by atoms with Gasteiger partial charge in [0.2, 0.25) is 0 Å². The molecular weight excluding hydrogens is 380 g/mol. The van der Waals surface area contributed by atoms with Crippen LogP contribution in [0.3, 0.4) is 0 Å². The van der Waals surface area contributed by atoms with Crippen LogP contribution in [0.2, 0.25) is 0 Å². The molecule has 30 heavy (non-hydrogen) atoms. The van der Waals surface area contributed by atoms with Crippen molar-refractivity contribution in [3.8, 4) is 0 Å². The second kappa shape index (κ2) is 8.02. The van der Waals surface area contributed by atoms with Gasteiger partial charge in [0, 0.05) is 13.1 Å². The fourth-order valence-corrected chi connectivity index (χ4v) is 3.86. The summed E-state index contributed by atoms with van der Waals surface area (Å²) < 4.78 is 1.90. The number of carboxylic acid groups (broad SMARTS) is 1. The summed E-state index contributed by atoms with van der Waals surface area (Å²) in [6.07, 6.45) is 0. The minimum absolute atomic E-state index is 0.177. The quantitative estimate of drug-likeness (QED) is 0.658. The second-order valence-electron chi connectivity index (χ2n) is 7.54. The third-order valence-corrected chi connectivity index (χ3v) is 5.43. The Morgan fingerprint density at radius 1 is 1.10 bits per heavy atom. The highest BCUT2D eigenvalue weighted by Crippen LogP contribution is 2.30. The number of carboxylic acids is 1. The van der Waals surface area contributed by atoms with Crippen LogP contribution in [0, 0.1) is 6.92 Å². The number of aromatic nitrogens is 2. The summed E-state index contributed by atoms with van der Waals surface area (Å²) in [4.78, 5) is 26.4. The average molecular weight is 404 g/mol. The first kappa shape index (κ1) is 19.7. The van der Waals surface area contributed by atoms with E-state index >= 15 is 0 Å². The fraction of sp³-hybridized carbons (Fsp3) is 0.261. The Bertz CT molecular complexity index is 1070. The summed E-state index contributed by atoms with van der Waals surface area (Å²) in [5.74, 6) is -0.298. The maximum atomic E-state index is 13.2. The predicted octanol–water partition coefficient (Wildman–Crippen LogP) is 3.40. The van der Waals surface area contributed by atoms with Crippen LogP contribution in [0.4, 0.5) is 5.82 Å². The van der Waals surface area contributed by atoms with Gasteiger partial charge >= 0.3 is 5.97 Å². The summed E-state index contributed by atoms with van der Waals surface area (Å²) >= 11 is 0. The summed E-state index contributed by atoms with van der Waals surface area (Å²) in [6, 6.07) is 16.5. The van der Waals surface area contributed by atoms with Gasteiger partial charge < -0.3 is 15.3 Å². The standard InChI is InChI=1S/C23H24N4O3/c1-15(18-8-10-19(11-9-18)23(29)30)24-21(28)20-16(2)25-27-13-12-26(22(20)27)14-17-6-4-3-5-7-17/h3-11,15H,12-14H2,1-2H3,(H,24,28)(H,29,30)/t15-/m0/s1. The van der Waals surface area contributed by atoms with E-state index in [1.807, 2.05) is 36.7 Å². The zero-order valence-electron chi connectivity index (χ0n) is 17.0. The van der Waals surface area contributed by atoms with E-state index in [1.54, 1.807) is 24.3 Å². The van der Waals surface area contributed by atoms with Gasteiger partial charge in [0.25, 0.3) is 5.91 Å². The molecule has 3 aromatic rings. The highest BCUT2D eigenvalue weighted by atomic mass is 16.4. The summed E-state index contributed by atoms with van der Waals surface area (Å²) in [7, 11) is 0. The summed E-state index contributed by atoms with van der Waals surface area (Å²) in [6.45, 7) is 6.02. The predicted molar refractivity (Wildman–Crippen MR) is 114 cm³/mol. The highest BCUT2D eigenvalue weighted by Gasteiger charge is 2.30. The van der Waals surface area contributed by atoms with E-state index in [2.05, 4.69) is 27.4 Å². The summed E-state index contributed by atoms with van der Waals surface area (Å²) in [5.41, 5.74) is 3.55. The molecule has 7 heteroatoms. The molecule has 1 atom stereocenters. The molecule has 1 aromatic heterocycles. The molecule has 7 nitrogen and oxygen atoms in total. The van der Waals surface area contributed by atoms with Gasteiger partial charge in [0.15, 0.2) is 0 Å². The van der Waals surface area contributed by atoms with Crippen LogP contribution >= 0.6 is 0 Å². The molecule has 1 amide bonds. The topological polar surface area (TPSA) is 87.5 Å². The third-order valence-electron chi connectivity index (χ3n) is 5.43. The number of hydrogen-bond donors (Lipinski definition) is 2. The van der Waals surface area contributed by atoms with E-state index in [0.717, 1.165) is 31.0 Å². The highest BCUT2D eigenvalue weighted by molar-refractivity contribution is 6.00. The zero-order valence-corrected chi connectivity index (χ0v) is 17.0. The maximum absolute atomic E-state index is 13.2. The van der Waals surface area contributed by atoms with E-state index in [0.29, 0.717) is 11.3 Å². The number of benzene rings is 2. The molecule has 1 aliphatic heterocycles. The van der Waals surface area contributed by atoms with E-state index in [1.165, 1.54) is 5.56 Å². The number of fused-ring (bicyclic) bond motifs is 1. The normalized spacial score (nSPS) is 13.7. The Hall–Kier alpha value is -3.61. The van der Waals surface area contributed by atoms with Crippen LogP contribution in [0.25, 0.3) is 0 Å². The van der Waals surface area contributed by atoms with Crippen LogP contribution in [0.5, 0.6) is 0 Å². The van der Waals surface area contributed by atoms with Crippen molar-refractivity contribution in [3.05, 3.63) is 82.5 Å². The molecule has 0 aliphatic carbocycles. The summed E-state index contributed by atoms with van der Waals surface area (Å²) in [5, 5.41) is 16.7. The van der Waals surface area contributed by atoms with Crippen molar-refractivity contribution in [1.82, 2.24) is 15.1 Å². The number of carbonyl (C=O) groups excluding carboxylic acids is 1. The molecule has 2 N–H and O–H groups in total. The number of rotatable bonds is 6. The van der Waals surface area contributed by atoms with Crippen molar-refractivity contribution in [3.63, 3.8) is 0 Å². The van der Waals surface area contributed by atoms with Gasteiger partial charge in [-0.3, -0.25) is 4.79 Å². The first-order chi connectivity index (χ1) is 14.4. The lowest BCUT2D eigenvalue weighted by molar-refractivity contribution is 0.0696. The number of carbonyl (C=O) groups is 2.